The second-order valence-corrected chi connectivity index (χ2v) is 2.44. The van der Waals surface area contributed by atoms with E-state index in [0.717, 1.165) is 0 Å². The molecule has 0 aromatic heterocycles. The van der Waals surface area contributed by atoms with Gasteiger partial charge in [0.2, 0.25) is 0 Å². The second-order valence-electron chi connectivity index (χ2n) is 2.44. The number of carbonyl (C=O) groups excluding carboxylic acids is 1. The first-order valence-corrected chi connectivity index (χ1v) is 3.67. The Morgan fingerprint density at radius 2 is 2.00 bits per heavy atom. The standard InChI is InChI=1S/C9H10NO2/c1-7(9(10)11)12-8-5-3-2-4-6-8/h2-7,10H,1H3. The number of hydrogen-bond acceptors (Lipinski definition) is 2. The molecule has 0 saturated heterocycles. The van der Waals surface area contributed by atoms with Gasteiger partial charge in [-0.2, -0.15) is 0 Å². The average molecular weight is 164 g/mol. The molecule has 0 heterocycles. The zero-order chi connectivity index (χ0) is 8.97. The molecule has 0 aliphatic heterocycles. The first-order valence-electron chi connectivity index (χ1n) is 3.67. The van der Waals surface area contributed by atoms with Crippen LogP contribution >= 0.6 is 0 Å². The summed E-state index contributed by atoms with van der Waals surface area (Å²) >= 11 is 0. The van der Waals surface area contributed by atoms with E-state index in [-0.39, 0.29) is 0 Å². The van der Waals surface area contributed by atoms with Crippen LogP contribution in [0.1, 0.15) is 6.92 Å². The topological polar surface area (TPSA) is 50.1 Å². The maximum Gasteiger partial charge on any atom is 0.279 e. The summed E-state index contributed by atoms with van der Waals surface area (Å²) in [6.45, 7) is 1.56. The minimum Gasteiger partial charge on any atom is -0.481 e. The summed E-state index contributed by atoms with van der Waals surface area (Å²) in [7, 11) is 0. The fraction of sp³-hybridized carbons (Fsp3) is 0.222. The highest BCUT2D eigenvalue weighted by atomic mass is 16.5. The van der Waals surface area contributed by atoms with E-state index in [1.807, 2.05) is 18.2 Å². The summed E-state index contributed by atoms with van der Waals surface area (Å²) in [5.41, 5.74) is 6.77. The monoisotopic (exact) mass is 164 g/mol. The van der Waals surface area contributed by atoms with E-state index in [4.69, 9.17) is 10.5 Å². The Labute approximate surface area is 71.1 Å². The Balaban J connectivity index is 2.58. The van der Waals surface area contributed by atoms with Crippen molar-refractivity contribution in [2.24, 2.45) is 0 Å². The number of carbonyl (C=O) groups is 1. The van der Waals surface area contributed by atoms with Gasteiger partial charge in [-0.1, -0.05) is 18.2 Å². The normalized spacial score (nSPS) is 12.1. The molecule has 0 bridgehead atoms. The number of nitrogens with one attached hydrogen (secondary N) is 1. The molecule has 1 aromatic rings. The number of rotatable bonds is 3. The van der Waals surface area contributed by atoms with Gasteiger partial charge in [0.25, 0.3) is 5.91 Å². The number of hydrogen-bond donors (Lipinski definition) is 0. The molecular weight excluding hydrogens is 154 g/mol. The van der Waals surface area contributed by atoms with Crippen LogP contribution in [0.2, 0.25) is 0 Å². The van der Waals surface area contributed by atoms with Crippen molar-refractivity contribution in [1.29, 1.82) is 0 Å². The van der Waals surface area contributed by atoms with Gasteiger partial charge in [0, 0.05) is 0 Å². The fourth-order valence-corrected chi connectivity index (χ4v) is 0.757. The van der Waals surface area contributed by atoms with Crippen molar-refractivity contribution in [2.75, 3.05) is 0 Å². The number of para-hydroxylation sites is 1. The Hall–Kier alpha value is -1.51. The van der Waals surface area contributed by atoms with Gasteiger partial charge in [-0.05, 0) is 19.1 Å². The van der Waals surface area contributed by atoms with E-state index >= 15 is 0 Å². The van der Waals surface area contributed by atoms with Crippen LogP contribution in [0.15, 0.2) is 30.3 Å². The molecule has 1 amide bonds. The van der Waals surface area contributed by atoms with Gasteiger partial charge in [-0.3, -0.25) is 10.5 Å². The maximum absolute atomic E-state index is 10.5. The smallest absolute Gasteiger partial charge is 0.279 e. The van der Waals surface area contributed by atoms with Crippen molar-refractivity contribution in [3.05, 3.63) is 30.3 Å². The molecule has 12 heavy (non-hydrogen) atoms. The summed E-state index contributed by atoms with van der Waals surface area (Å²) in [6.07, 6.45) is -0.688. The predicted molar refractivity (Wildman–Crippen MR) is 44.6 cm³/mol. The molecule has 3 heteroatoms. The van der Waals surface area contributed by atoms with Gasteiger partial charge in [0.05, 0.1) is 0 Å². The van der Waals surface area contributed by atoms with Crippen LogP contribution < -0.4 is 10.5 Å². The first kappa shape index (κ1) is 8.59. The van der Waals surface area contributed by atoms with E-state index in [0.29, 0.717) is 5.75 Å². The third-order valence-corrected chi connectivity index (χ3v) is 1.43. The van der Waals surface area contributed by atoms with E-state index in [2.05, 4.69) is 0 Å². The SMILES string of the molecule is CC(Oc1ccccc1)C([NH])=O. The zero-order valence-corrected chi connectivity index (χ0v) is 6.78. The molecule has 0 aliphatic rings. The van der Waals surface area contributed by atoms with Gasteiger partial charge in [0.15, 0.2) is 6.10 Å². The van der Waals surface area contributed by atoms with Crippen LogP contribution in [0.25, 0.3) is 0 Å². The third-order valence-electron chi connectivity index (χ3n) is 1.43. The molecular formula is C9H10NO2. The molecule has 0 spiro atoms. The largest absolute Gasteiger partial charge is 0.481 e. The van der Waals surface area contributed by atoms with Crippen LogP contribution in [0.5, 0.6) is 5.75 Å². The van der Waals surface area contributed by atoms with Crippen LogP contribution in [0.4, 0.5) is 0 Å². The lowest BCUT2D eigenvalue weighted by molar-refractivity contribution is -0.124. The summed E-state index contributed by atoms with van der Waals surface area (Å²) in [5, 5.41) is 0. The molecule has 0 fully saturated rings. The zero-order valence-electron chi connectivity index (χ0n) is 6.78. The Bertz CT molecular complexity index is 258. The Kier molecular flexibility index (Phi) is 2.69. The Morgan fingerprint density at radius 1 is 1.42 bits per heavy atom. The van der Waals surface area contributed by atoms with Gasteiger partial charge in [0.1, 0.15) is 5.75 Å². The summed E-state index contributed by atoms with van der Waals surface area (Å²) in [6, 6.07) is 8.99. The maximum atomic E-state index is 10.5. The van der Waals surface area contributed by atoms with Crippen molar-refractivity contribution >= 4 is 5.91 Å². The molecule has 0 aliphatic carbocycles. The molecule has 0 saturated carbocycles. The third kappa shape index (κ3) is 2.27. The van der Waals surface area contributed by atoms with Crippen molar-refractivity contribution < 1.29 is 9.53 Å². The van der Waals surface area contributed by atoms with Crippen LogP contribution in [-0.4, -0.2) is 12.0 Å². The molecule has 1 rings (SSSR count). The number of benzene rings is 1. The average Bonchev–Trinajstić information content (AvgIpc) is 2.06. The van der Waals surface area contributed by atoms with Crippen molar-refractivity contribution in [3.8, 4) is 5.75 Å². The van der Waals surface area contributed by atoms with Gasteiger partial charge < -0.3 is 4.74 Å². The summed E-state index contributed by atoms with van der Waals surface area (Å²) in [5.74, 6) is -0.0931. The van der Waals surface area contributed by atoms with Gasteiger partial charge in [-0.15, -0.1) is 0 Å². The minimum atomic E-state index is -0.709. The van der Waals surface area contributed by atoms with Crippen LogP contribution in [0.3, 0.4) is 0 Å². The lowest BCUT2D eigenvalue weighted by Crippen LogP contribution is -2.24. The predicted octanol–water partition coefficient (Wildman–Crippen LogP) is 1.26. The second kappa shape index (κ2) is 3.76. The van der Waals surface area contributed by atoms with Crippen molar-refractivity contribution in [1.82, 2.24) is 5.73 Å². The highest BCUT2D eigenvalue weighted by Crippen LogP contribution is 2.10. The van der Waals surface area contributed by atoms with Crippen molar-refractivity contribution in [2.45, 2.75) is 13.0 Å². The number of ether oxygens (including phenoxy) is 1. The highest BCUT2D eigenvalue weighted by molar-refractivity contribution is 5.77. The molecule has 1 atom stereocenters. The number of amides is 1. The molecule has 1 N–H and O–H groups in total. The quantitative estimate of drug-likeness (QED) is 0.675. The lowest BCUT2D eigenvalue weighted by atomic mass is 10.3. The summed E-state index contributed by atoms with van der Waals surface area (Å²) in [4.78, 5) is 10.5. The highest BCUT2D eigenvalue weighted by Gasteiger charge is 2.09. The molecule has 1 aromatic carbocycles. The van der Waals surface area contributed by atoms with E-state index in [9.17, 15) is 4.79 Å². The minimum absolute atomic E-state index is 0.616. The molecule has 63 valence electrons. The van der Waals surface area contributed by atoms with Crippen LogP contribution in [0, 0.1) is 0 Å². The van der Waals surface area contributed by atoms with Gasteiger partial charge in [-0.25, -0.2) is 0 Å². The van der Waals surface area contributed by atoms with Gasteiger partial charge >= 0.3 is 0 Å². The lowest BCUT2D eigenvalue weighted by Gasteiger charge is -2.09. The molecule has 1 radical (unpaired) electrons. The summed E-state index contributed by atoms with van der Waals surface area (Å²) < 4.78 is 5.14. The van der Waals surface area contributed by atoms with E-state index < -0.39 is 12.0 Å². The Morgan fingerprint density at radius 3 is 2.50 bits per heavy atom. The van der Waals surface area contributed by atoms with E-state index in [1.54, 1.807) is 19.1 Å². The molecule has 1 unspecified atom stereocenters. The van der Waals surface area contributed by atoms with Crippen LogP contribution in [-0.2, 0) is 4.79 Å². The fourth-order valence-electron chi connectivity index (χ4n) is 0.757. The van der Waals surface area contributed by atoms with Crippen molar-refractivity contribution in [3.63, 3.8) is 0 Å². The van der Waals surface area contributed by atoms with E-state index in [1.165, 1.54) is 0 Å². The molecule has 3 nitrogen and oxygen atoms in total. The first-order chi connectivity index (χ1) is 5.70.